The summed E-state index contributed by atoms with van der Waals surface area (Å²) in [5.41, 5.74) is 4.62. The summed E-state index contributed by atoms with van der Waals surface area (Å²) >= 11 is 0. The average Bonchev–Trinajstić information content (AvgIpc) is 3.20. The molecule has 2 aromatic heterocycles. The fraction of sp³-hybridized carbons (Fsp3) is 0.391. The van der Waals surface area contributed by atoms with Gasteiger partial charge < -0.3 is 19.8 Å². The minimum Gasteiger partial charge on any atom is -0.491 e. The van der Waals surface area contributed by atoms with Crippen molar-refractivity contribution in [3.05, 3.63) is 53.8 Å². The number of piperidine rings is 1. The summed E-state index contributed by atoms with van der Waals surface area (Å²) < 4.78 is 11.4. The lowest BCUT2D eigenvalue weighted by Crippen LogP contribution is -2.38. The van der Waals surface area contributed by atoms with Crippen LogP contribution in [0.4, 0.5) is 5.69 Å². The molecule has 8 nitrogen and oxygen atoms in total. The number of carbonyl (C=O) groups excluding carboxylic acids is 1. The van der Waals surface area contributed by atoms with E-state index in [4.69, 9.17) is 9.15 Å². The van der Waals surface area contributed by atoms with Gasteiger partial charge in [0.05, 0.1) is 5.69 Å². The standard InChI is InChI=1S/C23H27N5O3/c1-14-21(15(2)26-12-25-14)19-10-17(28-23(29)22-16(3)27-13-31-22)7-8-20(19)30-11-18-6-4-5-9-24-18/h7-8,10,12-13,18,24H,4-6,9,11H2,1-3H3,(H,28,29). The molecule has 4 rings (SSSR count). The van der Waals surface area contributed by atoms with Crippen LogP contribution in [0.3, 0.4) is 0 Å². The molecule has 1 aliphatic heterocycles. The summed E-state index contributed by atoms with van der Waals surface area (Å²) in [6.45, 7) is 7.23. The van der Waals surface area contributed by atoms with Gasteiger partial charge in [-0.3, -0.25) is 4.79 Å². The molecule has 1 unspecified atom stereocenters. The number of aryl methyl sites for hydroxylation is 3. The van der Waals surface area contributed by atoms with Crippen molar-refractivity contribution in [3.8, 4) is 16.9 Å². The number of amides is 1. The molecule has 8 heteroatoms. The maximum atomic E-state index is 12.6. The van der Waals surface area contributed by atoms with Crippen LogP contribution in [-0.4, -0.2) is 40.1 Å². The van der Waals surface area contributed by atoms with Gasteiger partial charge in [0.2, 0.25) is 5.76 Å². The SMILES string of the molecule is Cc1ncoc1C(=O)Nc1ccc(OCC2CCCCN2)c(-c2c(C)ncnc2C)c1. The van der Waals surface area contributed by atoms with Crippen LogP contribution in [0.1, 0.15) is 46.9 Å². The second-order valence-corrected chi connectivity index (χ2v) is 7.81. The fourth-order valence-electron chi connectivity index (χ4n) is 3.88. The first kappa shape index (κ1) is 21.0. The number of aromatic nitrogens is 3. The van der Waals surface area contributed by atoms with E-state index in [9.17, 15) is 4.79 Å². The van der Waals surface area contributed by atoms with Gasteiger partial charge in [0.15, 0.2) is 6.39 Å². The molecule has 0 spiro atoms. The maximum Gasteiger partial charge on any atom is 0.293 e. The predicted molar refractivity (Wildman–Crippen MR) is 117 cm³/mol. The second-order valence-electron chi connectivity index (χ2n) is 7.81. The second kappa shape index (κ2) is 9.26. The summed E-state index contributed by atoms with van der Waals surface area (Å²) in [4.78, 5) is 25.3. The van der Waals surface area contributed by atoms with Crippen molar-refractivity contribution in [3.63, 3.8) is 0 Å². The van der Waals surface area contributed by atoms with Gasteiger partial charge in [-0.2, -0.15) is 0 Å². The monoisotopic (exact) mass is 421 g/mol. The topological polar surface area (TPSA) is 102 Å². The summed E-state index contributed by atoms with van der Waals surface area (Å²) in [6, 6.07) is 5.94. The summed E-state index contributed by atoms with van der Waals surface area (Å²) in [5.74, 6) is 0.585. The summed E-state index contributed by atoms with van der Waals surface area (Å²) in [7, 11) is 0. The Bertz CT molecular complexity index is 1050. The van der Waals surface area contributed by atoms with Crippen molar-refractivity contribution >= 4 is 11.6 Å². The largest absolute Gasteiger partial charge is 0.491 e. The Balaban J connectivity index is 1.64. The van der Waals surface area contributed by atoms with E-state index in [1.165, 1.54) is 19.2 Å². The Morgan fingerprint density at radius 1 is 1.16 bits per heavy atom. The van der Waals surface area contributed by atoms with Crippen LogP contribution in [0, 0.1) is 20.8 Å². The molecule has 3 aromatic rings. The van der Waals surface area contributed by atoms with Gasteiger partial charge in [-0.25, -0.2) is 15.0 Å². The first-order chi connectivity index (χ1) is 15.0. The molecular formula is C23H27N5O3. The molecule has 31 heavy (non-hydrogen) atoms. The van der Waals surface area contributed by atoms with Crippen molar-refractivity contribution < 1.29 is 13.9 Å². The van der Waals surface area contributed by atoms with Crippen molar-refractivity contribution in [2.75, 3.05) is 18.5 Å². The quantitative estimate of drug-likeness (QED) is 0.623. The highest BCUT2D eigenvalue weighted by atomic mass is 16.5. The number of carbonyl (C=O) groups is 1. The van der Waals surface area contributed by atoms with E-state index in [1.807, 2.05) is 32.0 Å². The molecule has 2 N–H and O–H groups in total. The van der Waals surface area contributed by atoms with Gasteiger partial charge in [-0.15, -0.1) is 0 Å². The maximum absolute atomic E-state index is 12.6. The number of hydrogen-bond donors (Lipinski definition) is 2. The smallest absolute Gasteiger partial charge is 0.293 e. The number of rotatable bonds is 6. The van der Waals surface area contributed by atoms with Gasteiger partial charge in [-0.1, -0.05) is 6.42 Å². The molecule has 0 radical (unpaired) electrons. The Morgan fingerprint density at radius 2 is 1.97 bits per heavy atom. The molecule has 1 atom stereocenters. The van der Waals surface area contributed by atoms with E-state index in [-0.39, 0.29) is 11.7 Å². The minimum atomic E-state index is -0.348. The lowest BCUT2D eigenvalue weighted by molar-refractivity contribution is 0.0996. The van der Waals surface area contributed by atoms with E-state index in [2.05, 4.69) is 25.6 Å². The number of nitrogens with zero attached hydrogens (tertiary/aromatic N) is 3. The first-order valence-corrected chi connectivity index (χ1v) is 10.5. The van der Waals surface area contributed by atoms with E-state index >= 15 is 0 Å². The zero-order valence-electron chi connectivity index (χ0n) is 18.1. The third-order valence-corrected chi connectivity index (χ3v) is 5.54. The summed E-state index contributed by atoms with van der Waals surface area (Å²) in [6.07, 6.45) is 6.34. The Kier molecular flexibility index (Phi) is 6.27. The molecule has 1 saturated heterocycles. The molecule has 1 aliphatic rings. The first-order valence-electron chi connectivity index (χ1n) is 10.5. The molecule has 1 fully saturated rings. The third kappa shape index (κ3) is 4.74. The van der Waals surface area contributed by atoms with Gasteiger partial charge in [0.25, 0.3) is 5.91 Å². The number of benzene rings is 1. The average molecular weight is 422 g/mol. The van der Waals surface area contributed by atoms with Gasteiger partial charge >= 0.3 is 0 Å². The number of oxazole rings is 1. The molecule has 3 heterocycles. The minimum absolute atomic E-state index is 0.195. The molecule has 1 amide bonds. The lowest BCUT2D eigenvalue weighted by atomic mass is 10.0. The van der Waals surface area contributed by atoms with E-state index in [1.54, 1.807) is 13.3 Å². The van der Waals surface area contributed by atoms with Crippen LogP contribution < -0.4 is 15.4 Å². The Labute approximate surface area is 181 Å². The molecule has 162 valence electrons. The van der Waals surface area contributed by atoms with Gasteiger partial charge in [-0.05, 0) is 58.4 Å². The van der Waals surface area contributed by atoms with Crippen LogP contribution in [-0.2, 0) is 0 Å². The highest BCUT2D eigenvalue weighted by molar-refractivity contribution is 6.03. The number of hydrogen-bond acceptors (Lipinski definition) is 7. The van der Waals surface area contributed by atoms with Crippen LogP contribution >= 0.6 is 0 Å². The number of anilines is 1. The van der Waals surface area contributed by atoms with E-state index in [0.29, 0.717) is 24.0 Å². The lowest BCUT2D eigenvalue weighted by Gasteiger charge is -2.24. The molecule has 0 bridgehead atoms. The Hall–Kier alpha value is -3.26. The zero-order chi connectivity index (χ0) is 21.8. The van der Waals surface area contributed by atoms with Crippen LogP contribution in [0.25, 0.3) is 11.1 Å². The molecule has 1 aromatic carbocycles. The van der Waals surface area contributed by atoms with Crippen molar-refractivity contribution in [1.29, 1.82) is 0 Å². The molecule has 0 saturated carbocycles. The summed E-state index contributed by atoms with van der Waals surface area (Å²) in [5, 5.41) is 6.39. The van der Waals surface area contributed by atoms with Crippen molar-refractivity contribution in [2.24, 2.45) is 0 Å². The van der Waals surface area contributed by atoms with Crippen LogP contribution in [0.2, 0.25) is 0 Å². The van der Waals surface area contributed by atoms with Gasteiger partial charge in [0.1, 0.15) is 18.7 Å². The van der Waals surface area contributed by atoms with Crippen LogP contribution in [0.5, 0.6) is 5.75 Å². The molecule has 0 aliphatic carbocycles. The fourth-order valence-corrected chi connectivity index (χ4v) is 3.88. The number of nitrogens with one attached hydrogen (secondary N) is 2. The highest BCUT2D eigenvalue weighted by Crippen LogP contribution is 2.36. The highest BCUT2D eigenvalue weighted by Gasteiger charge is 2.19. The Morgan fingerprint density at radius 3 is 2.65 bits per heavy atom. The van der Waals surface area contributed by atoms with E-state index < -0.39 is 0 Å². The number of ether oxygens (including phenoxy) is 1. The third-order valence-electron chi connectivity index (χ3n) is 5.54. The van der Waals surface area contributed by atoms with Gasteiger partial charge in [0, 0.05) is 34.2 Å². The van der Waals surface area contributed by atoms with E-state index in [0.717, 1.165) is 41.2 Å². The predicted octanol–water partition coefficient (Wildman–Crippen LogP) is 3.83. The zero-order valence-corrected chi connectivity index (χ0v) is 18.1. The van der Waals surface area contributed by atoms with Crippen molar-refractivity contribution in [2.45, 2.75) is 46.1 Å². The van der Waals surface area contributed by atoms with Crippen LogP contribution in [0.15, 0.2) is 35.3 Å². The normalized spacial score (nSPS) is 16.2. The van der Waals surface area contributed by atoms with Crippen molar-refractivity contribution in [1.82, 2.24) is 20.3 Å². The molecular weight excluding hydrogens is 394 g/mol.